The third-order valence-electron chi connectivity index (χ3n) is 7.20. The van der Waals surface area contributed by atoms with Crippen LogP contribution in [0.25, 0.3) is 0 Å². The van der Waals surface area contributed by atoms with Gasteiger partial charge in [0.05, 0.1) is 11.1 Å². The Labute approximate surface area is 226 Å². The minimum atomic E-state index is -1.67. The van der Waals surface area contributed by atoms with Crippen molar-refractivity contribution in [2.75, 3.05) is 13.2 Å². The van der Waals surface area contributed by atoms with Gasteiger partial charge in [-0.3, -0.25) is 10.1 Å². The zero-order valence-corrected chi connectivity index (χ0v) is 22.5. The van der Waals surface area contributed by atoms with Gasteiger partial charge in [-0.2, -0.15) is 5.26 Å². The van der Waals surface area contributed by atoms with Crippen LogP contribution in [0, 0.1) is 28.9 Å². The largest absolute Gasteiger partial charge is 0.459 e. The fraction of sp³-hybridized carbons (Fsp3) is 0.500. The van der Waals surface area contributed by atoms with Gasteiger partial charge in [0, 0.05) is 35.8 Å². The second-order valence-corrected chi connectivity index (χ2v) is 11.6. The van der Waals surface area contributed by atoms with Crippen molar-refractivity contribution < 1.29 is 23.0 Å². The van der Waals surface area contributed by atoms with Crippen molar-refractivity contribution in [3.8, 4) is 6.07 Å². The van der Waals surface area contributed by atoms with Crippen molar-refractivity contribution in [2.24, 2.45) is 5.92 Å². The summed E-state index contributed by atoms with van der Waals surface area (Å²) in [7, 11) is 0. The first-order chi connectivity index (χ1) is 17.5. The number of carbonyl (C=O) groups excluding carboxylic acids is 1. The maximum absolute atomic E-state index is 15.6. The number of nitrogens with zero attached hydrogens (tertiary/aromatic N) is 1. The summed E-state index contributed by atoms with van der Waals surface area (Å²) in [6.07, 6.45) is 1.98. The van der Waals surface area contributed by atoms with E-state index in [2.05, 4.69) is 11.4 Å². The molecule has 0 unspecified atom stereocenters. The van der Waals surface area contributed by atoms with Crippen molar-refractivity contribution in [2.45, 2.75) is 69.1 Å². The summed E-state index contributed by atoms with van der Waals surface area (Å²) in [5, 5.41) is 14.2. The van der Waals surface area contributed by atoms with Gasteiger partial charge in [0.1, 0.15) is 28.7 Å². The number of nitrogens with one attached hydrogen (secondary N) is 1. The van der Waals surface area contributed by atoms with E-state index >= 15 is 8.78 Å². The van der Waals surface area contributed by atoms with Gasteiger partial charge in [0.15, 0.2) is 0 Å². The van der Waals surface area contributed by atoms with Crippen LogP contribution in [-0.4, -0.2) is 36.9 Å². The van der Waals surface area contributed by atoms with E-state index in [-0.39, 0.29) is 27.1 Å². The van der Waals surface area contributed by atoms with Crippen molar-refractivity contribution in [1.82, 2.24) is 5.32 Å². The van der Waals surface area contributed by atoms with Crippen LogP contribution in [0.4, 0.5) is 8.78 Å². The van der Waals surface area contributed by atoms with Crippen molar-refractivity contribution >= 4 is 29.2 Å². The third-order valence-corrected chi connectivity index (χ3v) is 7.73. The number of rotatable bonds is 5. The van der Waals surface area contributed by atoms with Crippen LogP contribution < -0.4 is 5.32 Å². The first kappa shape index (κ1) is 27.8. The summed E-state index contributed by atoms with van der Waals surface area (Å²) in [5.41, 5.74) is -2.42. The molecule has 5 nitrogen and oxygen atoms in total. The van der Waals surface area contributed by atoms with Gasteiger partial charge in [-0.05, 0) is 69.7 Å². The second kappa shape index (κ2) is 10.9. The lowest BCUT2D eigenvalue weighted by Gasteiger charge is -2.37. The molecule has 0 aromatic heterocycles. The number of esters is 1. The highest BCUT2D eigenvalue weighted by Gasteiger charge is 2.61. The smallest absolute Gasteiger partial charge is 0.324 e. The molecule has 2 saturated heterocycles. The molecule has 0 radical (unpaired) electrons. The molecule has 4 atom stereocenters. The molecule has 2 aliphatic heterocycles. The standard InChI is InChI=1S/C28H30Cl2F2N2O3/c1-27(2,3)37-26(35)25-23(18-5-4-6-20(30)24(18)32)28(15-33,19-8-7-17(29)14-21(19)31)22(34-25)13-16-9-11-36-12-10-16/h4-8,14,16,22-23,25,34H,9-13H2,1-3H3/t22-,23-,25+,28-/m0/s1. The molecule has 37 heavy (non-hydrogen) atoms. The fourth-order valence-electron chi connectivity index (χ4n) is 5.64. The summed E-state index contributed by atoms with van der Waals surface area (Å²) in [6, 6.07) is 9.03. The van der Waals surface area contributed by atoms with Gasteiger partial charge in [-0.25, -0.2) is 8.78 Å². The average molecular weight is 551 g/mol. The fourth-order valence-corrected chi connectivity index (χ4v) is 5.98. The molecule has 9 heteroatoms. The summed E-state index contributed by atoms with van der Waals surface area (Å²) in [5.74, 6) is -3.08. The molecule has 2 heterocycles. The van der Waals surface area contributed by atoms with E-state index in [0.29, 0.717) is 19.6 Å². The Morgan fingerprint density at radius 2 is 1.92 bits per heavy atom. The molecule has 1 N–H and O–H groups in total. The second-order valence-electron chi connectivity index (χ2n) is 10.7. The highest BCUT2D eigenvalue weighted by Crippen LogP contribution is 2.52. The Kier molecular flexibility index (Phi) is 8.16. The lowest BCUT2D eigenvalue weighted by Crippen LogP contribution is -2.44. The monoisotopic (exact) mass is 550 g/mol. The number of ether oxygens (including phenoxy) is 2. The van der Waals surface area contributed by atoms with E-state index in [1.165, 1.54) is 24.3 Å². The molecule has 2 aliphatic rings. The molecule has 198 valence electrons. The van der Waals surface area contributed by atoms with Crippen LogP contribution >= 0.6 is 23.2 Å². The summed E-state index contributed by atoms with van der Waals surface area (Å²) in [6.45, 7) is 6.34. The van der Waals surface area contributed by atoms with Crippen LogP contribution in [-0.2, 0) is 19.7 Å². The minimum Gasteiger partial charge on any atom is -0.459 e. The predicted molar refractivity (Wildman–Crippen MR) is 138 cm³/mol. The topological polar surface area (TPSA) is 71.3 Å². The minimum absolute atomic E-state index is 0.0411. The van der Waals surface area contributed by atoms with Crippen molar-refractivity contribution in [3.63, 3.8) is 0 Å². The third kappa shape index (κ3) is 5.49. The molecule has 2 fully saturated rings. The molecule has 4 rings (SSSR count). The van der Waals surface area contributed by atoms with E-state index in [0.717, 1.165) is 18.9 Å². The van der Waals surface area contributed by atoms with E-state index < -0.39 is 46.6 Å². The zero-order valence-electron chi connectivity index (χ0n) is 21.0. The average Bonchev–Trinajstić information content (AvgIpc) is 3.15. The molecular weight excluding hydrogens is 521 g/mol. The number of benzene rings is 2. The van der Waals surface area contributed by atoms with Gasteiger partial charge in [-0.1, -0.05) is 41.4 Å². The van der Waals surface area contributed by atoms with Gasteiger partial charge in [0.2, 0.25) is 0 Å². The molecule has 0 aliphatic carbocycles. The molecule has 2 aromatic carbocycles. The zero-order chi connectivity index (χ0) is 27.0. The first-order valence-corrected chi connectivity index (χ1v) is 13.1. The Bertz CT molecular complexity index is 1210. The van der Waals surface area contributed by atoms with Crippen LogP contribution in [0.5, 0.6) is 0 Å². The Morgan fingerprint density at radius 3 is 2.54 bits per heavy atom. The maximum atomic E-state index is 15.6. The van der Waals surface area contributed by atoms with Crippen LogP contribution in [0.2, 0.25) is 10.0 Å². The SMILES string of the molecule is CC(C)(C)OC(=O)[C@@H]1N[C@@H](CC2CCOCC2)[C@](C#N)(c2ccc(Cl)cc2F)[C@H]1c1cccc(Cl)c1F. The number of carbonyl (C=O) groups is 1. The summed E-state index contributed by atoms with van der Waals surface area (Å²) < 4.78 is 42.5. The van der Waals surface area contributed by atoms with Crippen LogP contribution in [0.15, 0.2) is 36.4 Å². The maximum Gasteiger partial charge on any atom is 0.324 e. The normalized spacial score (nSPS) is 26.6. The van der Waals surface area contributed by atoms with Crippen LogP contribution in [0.3, 0.4) is 0 Å². The highest BCUT2D eigenvalue weighted by molar-refractivity contribution is 6.31. The Balaban J connectivity index is 1.95. The quantitative estimate of drug-likeness (QED) is 0.441. The predicted octanol–water partition coefficient (Wildman–Crippen LogP) is 6.32. The Morgan fingerprint density at radius 1 is 1.22 bits per heavy atom. The van der Waals surface area contributed by atoms with E-state index in [4.69, 9.17) is 32.7 Å². The van der Waals surface area contributed by atoms with Gasteiger partial charge in [0.25, 0.3) is 0 Å². The number of halogens is 4. The lowest BCUT2D eigenvalue weighted by atomic mass is 9.63. The van der Waals surface area contributed by atoms with E-state index in [1.54, 1.807) is 26.8 Å². The van der Waals surface area contributed by atoms with Crippen molar-refractivity contribution in [3.05, 3.63) is 69.2 Å². The lowest BCUT2D eigenvalue weighted by molar-refractivity contribution is -0.157. The molecule has 0 spiro atoms. The molecule has 2 aromatic rings. The van der Waals surface area contributed by atoms with E-state index in [9.17, 15) is 10.1 Å². The molecule has 0 amide bonds. The van der Waals surface area contributed by atoms with Gasteiger partial charge in [-0.15, -0.1) is 0 Å². The number of hydrogen-bond acceptors (Lipinski definition) is 5. The van der Waals surface area contributed by atoms with Gasteiger partial charge >= 0.3 is 5.97 Å². The first-order valence-electron chi connectivity index (χ1n) is 12.3. The molecular formula is C28H30Cl2F2N2O3. The number of hydrogen-bond donors (Lipinski definition) is 1. The summed E-state index contributed by atoms with van der Waals surface area (Å²) >= 11 is 12.2. The summed E-state index contributed by atoms with van der Waals surface area (Å²) in [4.78, 5) is 13.6. The highest BCUT2D eigenvalue weighted by atomic mass is 35.5. The van der Waals surface area contributed by atoms with E-state index in [1.807, 2.05) is 0 Å². The Hall–Kier alpha value is -2.24. The molecule has 0 bridgehead atoms. The van der Waals surface area contributed by atoms with Crippen LogP contribution in [0.1, 0.15) is 57.1 Å². The van der Waals surface area contributed by atoms with Crippen molar-refractivity contribution in [1.29, 1.82) is 5.26 Å². The number of nitriles is 1. The molecule has 0 saturated carbocycles. The van der Waals surface area contributed by atoms with Gasteiger partial charge < -0.3 is 9.47 Å².